The summed E-state index contributed by atoms with van der Waals surface area (Å²) in [6, 6.07) is 0. The lowest BCUT2D eigenvalue weighted by Crippen LogP contribution is -1.90. The van der Waals surface area contributed by atoms with Crippen molar-refractivity contribution < 1.29 is 13.6 Å². The van der Waals surface area contributed by atoms with E-state index in [4.69, 9.17) is 0 Å². The number of hydrogen-bond donors (Lipinski definition) is 0. The summed E-state index contributed by atoms with van der Waals surface area (Å²) in [7, 11) is -2.10. The Balaban J connectivity index is 3.44. The monoisotopic (exact) mass is 421 g/mol. The van der Waals surface area contributed by atoms with Gasteiger partial charge in [-0.25, -0.2) is 0 Å². The third kappa shape index (κ3) is 8.04. The van der Waals surface area contributed by atoms with Crippen molar-refractivity contribution in [1.82, 2.24) is 0 Å². The van der Waals surface area contributed by atoms with Crippen molar-refractivity contribution in [3.63, 3.8) is 0 Å². The molecule has 0 amide bonds. The van der Waals surface area contributed by atoms with Gasteiger partial charge >= 0.3 is 8.25 Å². The fourth-order valence-electron chi connectivity index (χ4n) is 0.155. The minimum absolute atomic E-state index is 0.456. The average molecular weight is 425 g/mol. The summed E-state index contributed by atoms with van der Waals surface area (Å²) in [5, 5.41) is 0. The molecule has 60 valence electrons. The van der Waals surface area contributed by atoms with Crippen molar-refractivity contribution in [2.45, 2.75) is 7.85 Å². The molecule has 0 fully saturated rings. The fourth-order valence-corrected chi connectivity index (χ4v) is 2.10. The van der Waals surface area contributed by atoms with Gasteiger partial charge in [-0.3, -0.25) is 0 Å². The Hall–Kier alpha value is 1.94. The van der Waals surface area contributed by atoms with Gasteiger partial charge in [0, 0.05) is 4.57 Å². The van der Waals surface area contributed by atoms with Crippen LogP contribution in [0.25, 0.3) is 0 Å². The van der Waals surface area contributed by atoms with E-state index in [0.717, 1.165) is 0 Å². The summed E-state index contributed by atoms with van der Waals surface area (Å²) in [6.07, 6.45) is 0. The van der Waals surface area contributed by atoms with Gasteiger partial charge in [0.15, 0.2) is 0 Å². The first-order valence-electron chi connectivity index (χ1n) is 1.89. The number of alkyl halides is 4. The topological polar surface area (TPSA) is 35.5 Å². The molecule has 0 spiro atoms. The summed E-state index contributed by atoms with van der Waals surface area (Å²) in [5.41, 5.74) is 0. The van der Waals surface area contributed by atoms with Crippen molar-refractivity contribution in [3.05, 3.63) is 0 Å². The predicted molar refractivity (Wildman–Crippen MR) is 53.1 cm³/mol. The molecule has 3 nitrogen and oxygen atoms in total. The molecule has 8 heteroatoms. The standard InChI is InChI=1S/C2H2Br4O3P/c3-1(4)8-10(7)9-2(5)6/h1-2H/q+1. The van der Waals surface area contributed by atoms with E-state index in [1.165, 1.54) is 0 Å². The molecule has 0 aliphatic heterocycles. The van der Waals surface area contributed by atoms with E-state index < -0.39 is 16.1 Å². The largest absolute Gasteiger partial charge is 0.701 e. The Morgan fingerprint density at radius 3 is 1.50 bits per heavy atom. The van der Waals surface area contributed by atoms with Gasteiger partial charge in [0.2, 0.25) is 7.85 Å². The number of hydrogen-bond acceptors (Lipinski definition) is 3. The van der Waals surface area contributed by atoms with Crippen LogP contribution in [0.3, 0.4) is 0 Å². The molecule has 0 rings (SSSR count). The number of rotatable bonds is 4. The normalized spacial score (nSPS) is 11.0. The van der Waals surface area contributed by atoms with E-state index >= 15 is 0 Å². The van der Waals surface area contributed by atoms with E-state index in [0.29, 0.717) is 0 Å². The maximum absolute atomic E-state index is 10.6. The highest BCUT2D eigenvalue weighted by Crippen LogP contribution is 2.34. The summed E-state index contributed by atoms with van der Waals surface area (Å²) in [5.74, 6) is 0. The first-order chi connectivity index (χ1) is 4.52. The first-order valence-corrected chi connectivity index (χ1v) is 6.65. The van der Waals surface area contributed by atoms with Crippen LogP contribution in [0.2, 0.25) is 0 Å². The second-order valence-corrected chi connectivity index (χ2v) is 7.61. The van der Waals surface area contributed by atoms with Crippen LogP contribution in [0.4, 0.5) is 0 Å². The van der Waals surface area contributed by atoms with Gasteiger partial charge in [-0.15, -0.1) is 0 Å². The second kappa shape index (κ2) is 6.46. The summed E-state index contributed by atoms with van der Waals surface area (Å²) in [6.45, 7) is 0. The van der Waals surface area contributed by atoms with Crippen LogP contribution in [-0.2, 0) is 13.6 Å². The fraction of sp³-hybridized carbons (Fsp3) is 1.00. The van der Waals surface area contributed by atoms with Gasteiger partial charge in [-0.05, 0) is 63.7 Å². The Labute approximate surface area is 92.7 Å². The molecule has 0 aromatic rings. The van der Waals surface area contributed by atoms with Crippen molar-refractivity contribution >= 4 is 72.0 Å². The molecule has 0 aromatic carbocycles. The van der Waals surface area contributed by atoms with Crippen molar-refractivity contribution in [1.29, 1.82) is 0 Å². The highest BCUT2D eigenvalue weighted by atomic mass is 79.9. The van der Waals surface area contributed by atoms with Gasteiger partial charge in [0.25, 0.3) is 0 Å². The van der Waals surface area contributed by atoms with Crippen LogP contribution in [0.5, 0.6) is 0 Å². The third-order valence-electron chi connectivity index (χ3n) is 0.331. The van der Waals surface area contributed by atoms with E-state index in [-0.39, 0.29) is 0 Å². The maximum Gasteiger partial charge on any atom is 0.701 e. The molecule has 0 N–H and O–H groups in total. The van der Waals surface area contributed by atoms with Crippen LogP contribution in [-0.4, -0.2) is 7.85 Å². The van der Waals surface area contributed by atoms with Crippen molar-refractivity contribution in [2.24, 2.45) is 0 Å². The molecule has 0 heterocycles. The summed E-state index contributed by atoms with van der Waals surface area (Å²) < 4.78 is 19.0. The Morgan fingerprint density at radius 2 is 1.30 bits per heavy atom. The average Bonchev–Trinajstić information content (AvgIpc) is 1.58. The lowest BCUT2D eigenvalue weighted by atomic mass is 11.7. The molecule has 0 saturated heterocycles. The SMILES string of the molecule is O=[P+](OC(Br)Br)OC(Br)Br. The second-order valence-electron chi connectivity index (χ2n) is 0.956. The third-order valence-corrected chi connectivity index (χ3v) is 3.00. The highest BCUT2D eigenvalue weighted by Gasteiger charge is 2.27. The summed E-state index contributed by atoms with van der Waals surface area (Å²) >= 11 is 11.9. The van der Waals surface area contributed by atoms with Crippen LogP contribution in [0, 0.1) is 0 Å². The van der Waals surface area contributed by atoms with Gasteiger partial charge in [0.1, 0.15) is 0 Å². The van der Waals surface area contributed by atoms with E-state index in [2.05, 4.69) is 72.8 Å². The molecule has 0 bridgehead atoms. The lowest BCUT2D eigenvalue weighted by molar-refractivity contribution is 0.271. The molecular formula is C2H2Br4O3P+. The van der Waals surface area contributed by atoms with Crippen LogP contribution >= 0.6 is 72.0 Å². The predicted octanol–water partition coefficient (Wildman–Crippen LogP) is 3.82. The zero-order chi connectivity index (χ0) is 8.15. The number of halogens is 4. The molecule has 0 aliphatic carbocycles. The van der Waals surface area contributed by atoms with Crippen LogP contribution in [0.15, 0.2) is 0 Å². The lowest BCUT2D eigenvalue weighted by Gasteiger charge is -1.90. The minimum Gasteiger partial charge on any atom is -0.0923 e. The van der Waals surface area contributed by atoms with Gasteiger partial charge in [-0.1, -0.05) is 9.05 Å². The van der Waals surface area contributed by atoms with Gasteiger partial charge < -0.3 is 0 Å². The molecule has 0 radical (unpaired) electrons. The smallest absolute Gasteiger partial charge is 0.0923 e. The molecule has 0 aliphatic rings. The zero-order valence-corrected chi connectivity index (χ0v) is 11.6. The molecule has 0 unspecified atom stereocenters. The van der Waals surface area contributed by atoms with E-state index in [1.54, 1.807) is 0 Å². The molecule has 10 heavy (non-hydrogen) atoms. The van der Waals surface area contributed by atoms with Crippen LogP contribution in [0.1, 0.15) is 0 Å². The Bertz CT molecular complexity index is 105. The quantitative estimate of drug-likeness (QED) is 0.508. The first kappa shape index (κ1) is 11.9. The molecule has 0 aromatic heterocycles. The maximum atomic E-state index is 10.6. The summed E-state index contributed by atoms with van der Waals surface area (Å²) in [4.78, 5) is 0. The van der Waals surface area contributed by atoms with Gasteiger partial charge in [0.05, 0.1) is 0 Å². The van der Waals surface area contributed by atoms with Crippen molar-refractivity contribution in [3.8, 4) is 0 Å². The van der Waals surface area contributed by atoms with Gasteiger partial charge in [-0.2, -0.15) is 0 Å². The minimum atomic E-state index is -2.10. The van der Waals surface area contributed by atoms with E-state index in [9.17, 15) is 4.57 Å². The Morgan fingerprint density at radius 1 is 1.00 bits per heavy atom. The molecular weight excluding hydrogens is 423 g/mol. The highest BCUT2D eigenvalue weighted by molar-refractivity contribution is 9.24. The molecule has 0 saturated carbocycles. The Kier molecular flexibility index (Phi) is 7.71. The van der Waals surface area contributed by atoms with Crippen molar-refractivity contribution in [2.75, 3.05) is 0 Å². The van der Waals surface area contributed by atoms with E-state index in [1.807, 2.05) is 0 Å². The zero-order valence-electron chi connectivity index (χ0n) is 4.34. The van der Waals surface area contributed by atoms with Crippen LogP contribution < -0.4 is 0 Å². The molecule has 0 atom stereocenters.